The molecule has 5 nitrogen and oxygen atoms in total. The summed E-state index contributed by atoms with van der Waals surface area (Å²) in [5.74, 6) is -3.88. The Bertz CT molecular complexity index is 497. The van der Waals surface area contributed by atoms with Crippen molar-refractivity contribution in [2.45, 2.75) is 6.10 Å². The Morgan fingerprint density at radius 3 is 2.85 bits per heavy atom. The molecule has 1 aliphatic rings. The second-order valence-corrected chi connectivity index (χ2v) is 4.53. The molecule has 110 valence electrons. The van der Waals surface area contributed by atoms with Gasteiger partial charge in [0.1, 0.15) is 12.0 Å². The van der Waals surface area contributed by atoms with Gasteiger partial charge in [0.2, 0.25) is 0 Å². The van der Waals surface area contributed by atoms with Crippen LogP contribution in [0.15, 0.2) is 18.2 Å². The highest BCUT2D eigenvalue weighted by Crippen LogP contribution is 2.34. The maximum Gasteiger partial charge on any atom is 0.310 e. The van der Waals surface area contributed by atoms with Gasteiger partial charge in [-0.2, -0.15) is 5.06 Å². The third-order valence-corrected chi connectivity index (χ3v) is 3.16. The van der Waals surface area contributed by atoms with E-state index < -0.39 is 29.6 Å². The summed E-state index contributed by atoms with van der Waals surface area (Å²) in [6.07, 6.45) is -0.834. The molecule has 0 aliphatic carbocycles. The maximum absolute atomic E-state index is 13.2. The first kappa shape index (κ1) is 14.8. The van der Waals surface area contributed by atoms with Crippen molar-refractivity contribution < 1.29 is 28.3 Å². The van der Waals surface area contributed by atoms with Crippen LogP contribution in [0.4, 0.5) is 8.78 Å². The van der Waals surface area contributed by atoms with Gasteiger partial charge in [-0.3, -0.25) is 9.63 Å². The van der Waals surface area contributed by atoms with Gasteiger partial charge in [0.15, 0.2) is 11.6 Å². The topological polar surface area (TPSA) is 59.0 Å². The van der Waals surface area contributed by atoms with E-state index in [1.54, 1.807) is 0 Å². The van der Waals surface area contributed by atoms with Crippen LogP contribution in [0.3, 0.4) is 0 Å². The number of halogens is 2. The fourth-order valence-electron chi connectivity index (χ4n) is 2.12. The number of hydrogen-bond donors (Lipinski definition) is 1. The zero-order valence-corrected chi connectivity index (χ0v) is 10.9. The van der Waals surface area contributed by atoms with Gasteiger partial charge in [-0.05, 0) is 17.7 Å². The predicted molar refractivity (Wildman–Crippen MR) is 64.8 cm³/mol. The molecule has 1 aromatic carbocycles. The molecule has 0 aromatic heterocycles. The molecule has 1 fully saturated rings. The molecule has 1 N–H and O–H groups in total. The molecule has 0 radical (unpaired) electrons. The molecule has 0 saturated carbocycles. The Morgan fingerprint density at radius 2 is 2.25 bits per heavy atom. The standard InChI is InChI=1S/C13H15F2NO4/c1-19-5-4-16-7-9(13(17)18)12(20-16)8-2-3-10(14)11(15)6-8/h2-3,6,9,12H,4-5,7H2,1H3,(H,17,18)/t9-,12+/m1/s1. The average Bonchev–Trinajstić information content (AvgIpc) is 2.84. The van der Waals surface area contributed by atoms with Gasteiger partial charge >= 0.3 is 5.97 Å². The molecule has 0 bridgehead atoms. The molecule has 0 amide bonds. The van der Waals surface area contributed by atoms with Gasteiger partial charge in [0.25, 0.3) is 0 Å². The van der Waals surface area contributed by atoms with Crippen molar-refractivity contribution in [3.63, 3.8) is 0 Å². The minimum Gasteiger partial charge on any atom is -0.481 e. The van der Waals surface area contributed by atoms with Crippen LogP contribution in [-0.2, 0) is 14.4 Å². The molecule has 7 heteroatoms. The van der Waals surface area contributed by atoms with Crippen molar-refractivity contribution in [3.8, 4) is 0 Å². The van der Waals surface area contributed by atoms with Crippen LogP contribution in [0, 0.1) is 17.6 Å². The second-order valence-electron chi connectivity index (χ2n) is 4.53. The summed E-state index contributed by atoms with van der Waals surface area (Å²) in [4.78, 5) is 16.8. The first-order valence-corrected chi connectivity index (χ1v) is 6.11. The smallest absolute Gasteiger partial charge is 0.310 e. The Balaban J connectivity index is 2.18. The van der Waals surface area contributed by atoms with Crippen LogP contribution < -0.4 is 0 Å². The Hall–Kier alpha value is -1.57. The van der Waals surface area contributed by atoms with E-state index in [4.69, 9.17) is 9.57 Å². The molecule has 1 aromatic rings. The number of rotatable bonds is 5. The van der Waals surface area contributed by atoms with Gasteiger partial charge in [0, 0.05) is 20.2 Å². The SMILES string of the molecule is COCCN1C[C@@H](C(=O)O)[C@H](c2ccc(F)c(F)c2)O1. The second kappa shape index (κ2) is 6.25. The fourth-order valence-corrected chi connectivity index (χ4v) is 2.12. The number of hydrogen-bond acceptors (Lipinski definition) is 4. The summed E-state index contributed by atoms with van der Waals surface area (Å²) < 4.78 is 31.1. The van der Waals surface area contributed by atoms with Gasteiger partial charge < -0.3 is 9.84 Å². The van der Waals surface area contributed by atoms with Crippen molar-refractivity contribution in [1.29, 1.82) is 0 Å². The number of carboxylic acids is 1. The van der Waals surface area contributed by atoms with Crippen molar-refractivity contribution in [1.82, 2.24) is 5.06 Å². The molecule has 2 rings (SSSR count). The molecular formula is C13H15F2NO4. The third kappa shape index (κ3) is 3.12. The van der Waals surface area contributed by atoms with E-state index in [1.807, 2.05) is 0 Å². The van der Waals surface area contributed by atoms with Gasteiger partial charge in [-0.25, -0.2) is 8.78 Å². The Labute approximate surface area is 114 Å². The average molecular weight is 287 g/mol. The molecular weight excluding hydrogens is 272 g/mol. The zero-order chi connectivity index (χ0) is 14.7. The number of aliphatic carboxylic acids is 1. The Kier molecular flexibility index (Phi) is 4.64. The Morgan fingerprint density at radius 1 is 1.50 bits per heavy atom. The lowest BCUT2D eigenvalue weighted by atomic mass is 9.96. The third-order valence-electron chi connectivity index (χ3n) is 3.16. The summed E-state index contributed by atoms with van der Waals surface area (Å²) >= 11 is 0. The number of methoxy groups -OCH3 is 1. The molecule has 20 heavy (non-hydrogen) atoms. The number of nitrogens with zero attached hydrogens (tertiary/aromatic N) is 1. The highest BCUT2D eigenvalue weighted by molar-refractivity contribution is 5.71. The predicted octanol–water partition coefficient (Wildman–Crippen LogP) is 1.60. The monoisotopic (exact) mass is 287 g/mol. The highest BCUT2D eigenvalue weighted by atomic mass is 19.2. The van der Waals surface area contributed by atoms with Gasteiger partial charge in [-0.15, -0.1) is 0 Å². The van der Waals surface area contributed by atoms with E-state index in [-0.39, 0.29) is 6.54 Å². The highest BCUT2D eigenvalue weighted by Gasteiger charge is 2.40. The van der Waals surface area contributed by atoms with E-state index in [1.165, 1.54) is 18.2 Å². The summed E-state index contributed by atoms with van der Waals surface area (Å²) in [5, 5.41) is 10.7. The van der Waals surface area contributed by atoms with Crippen molar-refractivity contribution in [2.75, 3.05) is 26.8 Å². The van der Waals surface area contributed by atoms with Crippen LogP contribution in [0.25, 0.3) is 0 Å². The molecule has 0 unspecified atom stereocenters. The lowest BCUT2D eigenvalue weighted by molar-refractivity contribution is -0.159. The number of ether oxygens (including phenoxy) is 1. The molecule has 0 spiro atoms. The van der Waals surface area contributed by atoms with Crippen LogP contribution >= 0.6 is 0 Å². The van der Waals surface area contributed by atoms with Crippen LogP contribution in [0.1, 0.15) is 11.7 Å². The summed E-state index contributed by atoms with van der Waals surface area (Å²) in [7, 11) is 1.53. The van der Waals surface area contributed by atoms with E-state index in [0.29, 0.717) is 18.7 Å². The van der Waals surface area contributed by atoms with E-state index in [2.05, 4.69) is 0 Å². The van der Waals surface area contributed by atoms with Crippen LogP contribution in [-0.4, -0.2) is 42.9 Å². The van der Waals surface area contributed by atoms with E-state index >= 15 is 0 Å². The summed E-state index contributed by atoms with van der Waals surface area (Å²) in [6.45, 7) is 0.958. The zero-order valence-electron chi connectivity index (χ0n) is 10.9. The lowest BCUT2D eigenvalue weighted by Gasteiger charge is -2.16. The van der Waals surface area contributed by atoms with Crippen LogP contribution in [0.5, 0.6) is 0 Å². The molecule has 1 saturated heterocycles. The van der Waals surface area contributed by atoms with Crippen molar-refractivity contribution >= 4 is 5.97 Å². The minimum absolute atomic E-state index is 0.169. The number of carbonyl (C=O) groups is 1. The van der Waals surface area contributed by atoms with Crippen molar-refractivity contribution in [2.24, 2.45) is 5.92 Å². The maximum atomic E-state index is 13.2. The molecule has 2 atom stereocenters. The van der Waals surface area contributed by atoms with Gasteiger partial charge in [0.05, 0.1) is 6.61 Å². The summed E-state index contributed by atoms with van der Waals surface area (Å²) in [5.41, 5.74) is 0.302. The quantitative estimate of drug-likeness (QED) is 0.891. The fraction of sp³-hybridized carbons (Fsp3) is 0.462. The minimum atomic E-state index is -1.04. The molecule has 1 heterocycles. The number of carboxylic acid groups (broad SMARTS) is 1. The summed E-state index contributed by atoms with van der Waals surface area (Å²) in [6, 6.07) is 3.26. The number of hydroxylamine groups is 2. The van der Waals surface area contributed by atoms with Crippen molar-refractivity contribution in [3.05, 3.63) is 35.4 Å². The van der Waals surface area contributed by atoms with Gasteiger partial charge in [-0.1, -0.05) is 6.07 Å². The van der Waals surface area contributed by atoms with Crippen LogP contribution in [0.2, 0.25) is 0 Å². The number of benzene rings is 1. The van der Waals surface area contributed by atoms with E-state index in [0.717, 1.165) is 12.1 Å². The van der Waals surface area contributed by atoms with E-state index in [9.17, 15) is 18.7 Å². The first-order chi connectivity index (χ1) is 9.52. The normalized spacial score (nSPS) is 23.1. The molecule has 1 aliphatic heterocycles. The largest absolute Gasteiger partial charge is 0.481 e. The first-order valence-electron chi connectivity index (χ1n) is 6.11. The lowest BCUT2D eigenvalue weighted by Crippen LogP contribution is -2.25.